The first kappa shape index (κ1) is 14.0. The zero-order valence-electron chi connectivity index (χ0n) is 10.6. The quantitative estimate of drug-likeness (QED) is 0.878. The SMILES string of the molecule is CCn1cc(NS(=O)(=O)c2c(C)csc2CO)cn1. The van der Waals surface area contributed by atoms with E-state index >= 15 is 0 Å². The summed E-state index contributed by atoms with van der Waals surface area (Å²) in [6, 6.07) is 0. The van der Waals surface area contributed by atoms with Crippen molar-refractivity contribution >= 4 is 27.0 Å². The second-order valence-corrected chi connectivity index (χ2v) is 6.60. The lowest BCUT2D eigenvalue weighted by atomic mass is 10.3. The van der Waals surface area contributed by atoms with E-state index in [2.05, 4.69) is 9.82 Å². The molecule has 0 saturated carbocycles. The van der Waals surface area contributed by atoms with E-state index in [9.17, 15) is 13.5 Å². The largest absolute Gasteiger partial charge is 0.391 e. The Morgan fingerprint density at radius 2 is 2.26 bits per heavy atom. The molecule has 0 unspecified atom stereocenters. The molecule has 2 rings (SSSR count). The molecule has 0 fully saturated rings. The lowest BCUT2D eigenvalue weighted by molar-refractivity contribution is 0.282. The van der Waals surface area contributed by atoms with Gasteiger partial charge in [-0.25, -0.2) is 8.42 Å². The predicted molar refractivity (Wildman–Crippen MR) is 73.7 cm³/mol. The summed E-state index contributed by atoms with van der Waals surface area (Å²) in [7, 11) is -3.69. The summed E-state index contributed by atoms with van der Waals surface area (Å²) in [4.78, 5) is 0.595. The first-order chi connectivity index (χ1) is 8.97. The van der Waals surface area contributed by atoms with E-state index in [1.165, 1.54) is 17.5 Å². The lowest BCUT2D eigenvalue weighted by Gasteiger charge is -2.07. The van der Waals surface area contributed by atoms with Gasteiger partial charge in [0.15, 0.2) is 0 Å². The van der Waals surface area contributed by atoms with Crippen molar-refractivity contribution in [3.05, 3.63) is 28.2 Å². The molecule has 0 radical (unpaired) electrons. The maximum Gasteiger partial charge on any atom is 0.263 e. The van der Waals surface area contributed by atoms with Crippen molar-refractivity contribution in [2.45, 2.75) is 31.9 Å². The number of sulfonamides is 1. The van der Waals surface area contributed by atoms with E-state index in [4.69, 9.17) is 0 Å². The van der Waals surface area contributed by atoms with Gasteiger partial charge in [0.25, 0.3) is 10.0 Å². The van der Waals surface area contributed by atoms with Gasteiger partial charge in [0.1, 0.15) is 4.90 Å². The molecule has 0 atom stereocenters. The number of aromatic nitrogens is 2. The van der Waals surface area contributed by atoms with Crippen LogP contribution < -0.4 is 4.72 Å². The third-order valence-electron chi connectivity index (χ3n) is 2.61. The number of thiophene rings is 1. The number of hydrogen-bond acceptors (Lipinski definition) is 5. The summed E-state index contributed by atoms with van der Waals surface area (Å²) < 4.78 is 28.7. The van der Waals surface area contributed by atoms with Crippen LogP contribution in [-0.4, -0.2) is 23.3 Å². The first-order valence-corrected chi connectivity index (χ1v) is 8.07. The number of nitrogens with zero attached hydrogens (tertiary/aromatic N) is 2. The molecule has 2 aromatic heterocycles. The maximum absolute atomic E-state index is 12.3. The summed E-state index contributed by atoms with van der Waals surface area (Å²) in [5.41, 5.74) is 1.04. The predicted octanol–water partition coefficient (Wildman–Crippen LogP) is 1.57. The highest BCUT2D eigenvalue weighted by Crippen LogP contribution is 2.28. The summed E-state index contributed by atoms with van der Waals surface area (Å²) in [5.74, 6) is 0. The Balaban J connectivity index is 2.34. The van der Waals surface area contributed by atoms with Crippen molar-refractivity contribution in [3.8, 4) is 0 Å². The molecule has 2 N–H and O–H groups in total. The van der Waals surface area contributed by atoms with Crippen molar-refractivity contribution in [1.82, 2.24) is 9.78 Å². The maximum atomic E-state index is 12.3. The zero-order valence-corrected chi connectivity index (χ0v) is 12.3. The molecule has 8 heteroatoms. The minimum Gasteiger partial charge on any atom is -0.391 e. The molecule has 0 bridgehead atoms. The highest BCUT2D eigenvalue weighted by molar-refractivity contribution is 7.93. The van der Waals surface area contributed by atoms with Crippen LogP contribution in [-0.2, 0) is 23.2 Å². The van der Waals surface area contributed by atoms with E-state index in [-0.39, 0.29) is 11.5 Å². The smallest absolute Gasteiger partial charge is 0.263 e. The molecule has 0 aliphatic carbocycles. The fraction of sp³-hybridized carbons (Fsp3) is 0.364. The van der Waals surface area contributed by atoms with E-state index in [0.717, 1.165) is 0 Å². The topological polar surface area (TPSA) is 84.2 Å². The van der Waals surface area contributed by atoms with Crippen LogP contribution in [0.2, 0.25) is 0 Å². The highest BCUT2D eigenvalue weighted by Gasteiger charge is 2.23. The second kappa shape index (κ2) is 5.32. The molecule has 2 heterocycles. The third kappa shape index (κ3) is 2.80. The van der Waals surface area contributed by atoms with E-state index in [0.29, 0.717) is 22.7 Å². The van der Waals surface area contributed by atoms with Gasteiger partial charge in [-0.1, -0.05) is 0 Å². The number of aliphatic hydroxyl groups excluding tert-OH is 1. The van der Waals surface area contributed by atoms with E-state index < -0.39 is 10.0 Å². The Hall–Kier alpha value is -1.38. The van der Waals surface area contributed by atoms with Crippen LogP contribution in [0.3, 0.4) is 0 Å². The molecule has 0 amide bonds. The van der Waals surface area contributed by atoms with Gasteiger partial charge >= 0.3 is 0 Å². The monoisotopic (exact) mass is 301 g/mol. The molecule has 104 valence electrons. The minimum absolute atomic E-state index is 0.157. The average molecular weight is 301 g/mol. The number of hydrogen-bond donors (Lipinski definition) is 2. The molecular weight excluding hydrogens is 286 g/mol. The summed E-state index contributed by atoms with van der Waals surface area (Å²) in [6.45, 7) is 4.00. The molecule has 0 aliphatic heterocycles. The van der Waals surface area contributed by atoms with Crippen LogP contribution in [0.5, 0.6) is 0 Å². The Labute approximate surface area is 115 Å². The van der Waals surface area contributed by atoms with Crippen molar-refractivity contribution in [3.63, 3.8) is 0 Å². The van der Waals surface area contributed by atoms with Gasteiger partial charge in [-0.05, 0) is 24.8 Å². The number of nitrogens with one attached hydrogen (secondary N) is 1. The molecule has 0 spiro atoms. The molecular formula is C11H15N3O3S2. The lowest BCUT2D eigenvalue weighted by Crippen LogP contribution is -2.14. The van der Waals surface area contributed by atoms with E-state index in [1.54, 1.807) is 23.2 Å². The summed E-state index contributed by atoms with van der Waals surface area (Å²) in [6.07, 6.45) is 3.08. The molecule has 0 aliphatic rings. The van der Waals surface area contributed by atoms with Crippen LogP contribution in [0, 0.1) is 6.92 Å². The van der Waals surface area contributed by atoms with Gasteiger partial charge in [0.2, 0.25) is 0 Å². The van der Waals surface area contributed by atoms with Gasteiger partial charge in [-0.3, -0.25) is 9.40 Å². The Kier molecular flexibility index (Phi) is 3.93. The molecule has 2 aromatic rings. The normalized spacial score (nSPS) is 11.7. The number of aliphatic hydroxyl groups is 1. The van der Waals surface area contributed by atoms with Gasteiger partial charge < -0.3 is 5.11 Å². The van der Waals surface area contributed by atoms with E-state index in [1.807, 2.05) is 6.92 Å². The second-order valence-electron chi connectivity index (χ2n) is 4.02. The van der Waals surface area contributed by atoms with Crippen LogP contribution >= 0.6 is 11.3 Å². The third-order valence-corrected chi connectivity index (χ3v) is 5.44. The summed E-state index contributed by atoms with van der Waals surface area (Å²) in [5, 5.41) is 14.9. The molecule has 0 aromatic carbocycles. The van der Waals surface area contributed by atoms with Gasteiger partial charge in [-0.15, -0.1) is 11.3 Å². The van der Waals surface area contributed by atoms with Gasteiger partial charge in [-0.2, -0.15) is 5.10 Å². The minimum atomic E-state index is -3.69. The Bertz CT molecular complexity index is 673. The van der Waals surface area contributed by atoms with Crippen molar-refractivity contribution in [2.24, 2.45) is 0 Å². The van der Waals surface area contributed by atoms with Crippen LogP contribution in [0.15, 0.2) is 22.7 Å². The molecule has 0 saturated heterocycles. The molecule has 6 nitrogen and oxygen atoms in total. The number of aryl methyl sites for hydroxylation is 2. The average Bonchev–Trinajstić information content (AvgIpc) is 2.95. The fourth-order valence-corrected chi connectivity index (χ4v) is 4.45. The standard InChI is InChI=1S/C11H15N3O3S2/c1-3-14-5-9(4-12-14)13-19(16,17)11-8(2)7-18-10(11)6-15/h4-5,7,13,15H,3,6H2,1-2H3. The van der Waals surface area contributed by atoms with Gasteiger partial charge in [0, 0.05) is 12.7 Å². The zero-order chi connectivity index (χ0) is 14.0. The number of anilines is 1. The Morgan fingerprint density at radius 1 is 1.53 bits per heavy atom. The Morgan fingerprint density at radius 3 is 2.84 bits per heavy atom. The molecule has 19 heavy (non-hydrogen) atoms. The van der Waals surface area contributed by atoms with Crippen LogP contribution in [0.25, 0.3) is 0 Å². The van der Waals surface area contributed by atoms with Crippen molar-refractivity contribution in [1.29, 1.82) is 0 Å². The first-order valence-electron chi connectivity index (χ1n) is 5.71. The van der Waals surface area contributed by atoms with Crippen LogP contribution in [0.4, 0.5) is 5.69 Å². The van der Waals surface area contributed by atoms with Crippen molar-refractivity contribution in [2.75, 3.05) is 4.72 Å². The van der Waals surface area contributed by atoms with Crippen molar-refractivity contribution < 1.29 is 13.5 Å². The number of rotatable bonds is 5. The summed E-state index contributed by atoms with van der Waals surface area (Å²) >= 11 is 1.23. The van der Waals surface area contributed by atoms with Crippen LogP contribution in [0.1, 0.15) is 17.4 Å². The fourth-order valence-electron chi connectivity index (χ4n) is 1.75. The van der Waals surface area contributed by atoms with Gasteiger partial charge in [0.05, 0.1) is 23.4 Å². The highest BCUT2D eigenvalue weighted by atomic mass is 32.2.